The number of thiophene rings is 2. The van der Waals surface area contributed by atoms with Crippen LogP contribution in [0.4, 0.5) is 17.1 Å². The van der Waals surface area contributed by atoms with Crippen molar-refractivity contribution in [2.45, 2.75) is 0 Å². The lowest BCUT2D eigenvalue weighted by atomic mass is 9.98. The Morgan fingerprint density at radius 1 is 0.328 bits per heavy atom. The summed E-state index contributed by atoms with van der Waals surface area (Å²) >= 11 is 3.76. The Kier molecular flexibility index (Phi) is 8.61. The van der Waals surface area contributed by atoms with Crippen LogP contribution in [0.5, 0.6) is 0 Å². The Morgan fingerprint density at radius 2 is 0.906 bits per heavy atom. The molecule has 0 radical (unpaired) electrons. The number of para-hydroxylation sites is 2. The summed E-state index contributed by atoms with van der Waals surface area (Å²) in [6, 6.07) is 84.7. The standard InChI is InChI=1S/C60H38N2S2/c1-4-15-39(16-5-1)42-28-33-56-51(35-42)52-38-46(29-34-57(52)63-56)61(44-21-14-22-45(37-44)62-53-25-12-10-23-48(53)49-24-11-13-26-54(49)62)55-32-31-47(41-19-8-3-9-20-41)60-59(55)50-30-27-43(36-58(50)64-60)40-17-6-2-7-18-40/h1-38H. The van der Waals surface area contributed by atoms with Crippen molar-refractivity contribution in [3.8, 4) is 39.1 Å². The fraction of sp³-hybridized carbons (Fsp3) is 0. The van der Waals surface area contributed by atoms with Crippen LogP contribution in [-0.2, 0) is 0 Å². The van der Waals surface area contributed by atoms with Crippen LogP contribution in [0.15, 0.2) is 231 Å². The van der Waals surface area contributed by atoms with Gasteiger partial charge in [-0.3, -0.25) is 0 Å². The lowest BCUT2D eigenvalue weighted by Crippen LogP contribution is -2.11. The topological polar surface area (TPSA) is 8.17 Å². The van der Waals surface area contributed by atoms with E-state index in [-0.39, 0.29) is 0 Å². The first-order valence-corrected chi connectivity index (χ1v) is 23.4. The van der Waals surface area contributed by atoms with Gasteiger partial charge < -0.3 is 9.47 Å². The second kappa shape index (κ2) is 15.0. The van der Waals surface area contributed by atoms with E-state index in [2.05, 4.69) is 240 Å². The van der Waals surface area contributed by atoms with Crippen LogP contribution in [0.1, 0.15) is 0 Å². The molecule has 300 valence electrons. The van der Waals surface area contributed by atoms with Gasteiger partial charge in [0.2, 0.25) is 0 Å². The first-order valence-electron chi connectivity index (χ1n) is 21.7. The van der Waals surface area contributed by atoms with Crippen LogP contribution in [-0.4, -0.2) is 4.57 Å². The van der Waals surface area contributed by atoms with E-state index in [9.17, 15) is 0 Å². The number of anilines is 3. The average molecular weight is 851 g/mol. The van der Waals surface area contributed by atoms with E-state index in [1.54, 1.807) is 0 Å². The Labute approximate surface area is 378 Å². The first-order chi connectivity index (χ1) is 31.7. The van der Waals surface area contributed by atoms with Crippen molar-refractivity contribution in [1.82, 2.24) is 4.57 Å². The van der Waals surface area contributed by atoms with Crippen LogP contribution < -0.4 is 4.90 Å². The van der Waals surface area contributed by atoms with E-state index >= 15 is 0 Å². The molecule has 13 rings (SSSR count). The van der Waals surface area contributed by atoms with E-state index in [0.29, 0.717) is 0 Å². The summed E-state index contributed by atoms with van der Waals surface area (Å²) in [6.07, 6.45) is 0. The number of hydrogen-bond donors (Lipinski definition) is 0. The maximum atomic E-state index is 2.51. The smallest absolute Gasteiger partial charge is 0.0555 e. The van der Waals surface area contributed by atoms with Crippen molar-refractivity contribution in [1.29, 1.82) is 0 Å². The van der Waals surface area contributed by atoms with Gasteiger partial charge in [-0.25, -0.2) is 0 Å². The summed E-state index contributed by atoms with van der Waals surface area (Å²) in [4.78, 5) is 2.51. The SMILES string of the molecule is c1ccc(-c2ccc3c(c2)sc2c(-c4ccccc4)ccc(N(c4cccc(-n5c6ccccc6c6ccccc65)c4)c4ccc5sc6ccc(-c7ccccc7)cc6c5c4)c23)cc1. The summed E-state index contributed by atoms with van der Waals surface area (Å²) in [6.45, 7) is 0. The maximum absolute atomic E-state index is 2.51. The third-order valence-electron chi connectivity index (χ3n) is 12.8. The van der Waals surface area contributed by atoms with Gasteiger partial charge in [0.25, 0.3) is 0 Å². The van der Waals surface area contributed by atoms with Crippen molar-refractivity contribution in [2.24, 2.45) is 0 Å². The molecule has 0 N–H and O–H groups in total. The van der Waals surface area contributed by atoms with Gasteiger partial charge >= 0.3 is 0 Å². The summed E-state index contributed by atoms with van der Waals surface area (Å²) in [5.41, 5.74) is 14.2. The molecule has 13 aromatic rings. The van der Waals surface area contributed by atoms with Gasteiger partial charge in [-0.15, -0.1) is 22.7 Å². The molecule has 0 saturated heterocycles. The van der Waals surface area contributed by atoms with Crippen molar-refractivity contribution in [3.63, 3.8) is 0 Å². The summed E-state index contributed by atoms with van der Waals surface area (Å²) in [5.74, 6) is 0. The molecular weight excluding hydrogens is 813 g/mol. The van der Waals surface area contributed by atoms with E-state index in [0.717, 1.165) is 22.7 Å². The Morgan fingerprint density at radius 3 is 1.61 bits per heavy atom. The molecule has 0 aliphatic rings. The quantitative estimate of drug-likeness (QED) is 0.155. The summed E-state index contributed by atoms with van der Waals surface area (Å²) < 4.78 is 7.54. The lowest BCUT2D eigenvalue weighted by molar-refractivity contribution is 1.17. The highest BCUT2D eigenvalue weighted by Crippen LogP contribution is 2.50. The van der Waals surface area contributed by atoms with E-state index < -0.39 is 0 Å². The zero-order valence-electron chi connectivity index (χ0n) is 34.7. The molecule has 3 heterocycles. The molecule has 0 spiro atoms. The van der Waals surface area contributed by atoms with Crippen molar-refractivity contribution in [3.05, 3.63) is 231 Å². The Hall–Kier alpha value is -7.76. The molecule has 4 heteroatoms. The van der Waals surface area contributed by atoms with Gasteiger partial charge in [-0.2, -0.15) is 0 Å². The zero-order chi connectivity index (χ0) is 42.1. The molecule has 3 aromatic heterocycles. The number of hydrogen-bond acceptors (Lipinski definition) is 3. The summed E-state index contributed by atoms with van der Waals surface area (Å²) in [5, 5.41) is 7.56. The fourth-order valence-corrected chi connectivity index (χ4v) is 12.2. The van der Waals surface area contributed by atoms with Crippen molar-refractivity contribution in [2.75, 3.05) is 4.90 Å². The normalized spacial score (nSPS) is 11.8. The van der Waals surface area contributed by atoms with Gasteiger partial charge in [0, 0.05) is 68.2 Å². The molecule has 0 atom stereocenters. The maximum Gasteiger partial charge on any atom is 0.0555 e. The molecule has 0 aliphatic heterocycles. The predicted molar refractivity (Wildman–Crippen MR) is 278 cm³/mol. The third kappa shape index (κ3) is 5.99. The summed E-state index contributed by atoms with van der Waals surface area (Å²) in [7, 11) is 0. The Bertz CT molecular complexity index is 3840. The fourth-order valence-electron chi connectivity index (χ4n) is 9.82. The van der Waals surface area contributed by atoms with Crippen LogP contribution >= 0.6 is 22.7 Å². The molecule has 64 heavy (non-hydrogen) atoms. The lowest BCUT2D eigenvalue weighted by Gasteiger charge is -2.28. The van der Waals surface area contributed by atoms with Gasteiger partial charge in [-0.05, 0) is 106 Å². The Balaban J connectivity index is 1.09. The number of rotatable bonds is 7. The number of nitrogens with zero attached hydrogens (tertiary/aromatic N) is 2. The van der Waals surface area contributed by atoms with Crippen LogP contribution in [0.2, 0.25) is 0 Å². The largest absolute Gasteiger partial charge is 0.310 e. The molecule has 0 saturated carbocycles. The molecule has 10 aromatic carbocycles. The zero-order valence-corrected chi connectivity index (χ0v) is 36.3. The van der Waals surface area contributed by atoms with Gasteiger partial charge in [0.15, 0.2) is 0 Å². The monoisotopic (exact) mass is 850 g/mol. The number of fused-ring (bicyclic) bond motifs is 9. The van der Waals surface area contributed by atoms with Crippen LogP contribution in [0.3, 0.4) is 0 Å². The highest BCUT2D eigenvalue weighted by molar-refractivity contribution is 7.26. The highest BCUT2D eigenvalue weighted by atomic mass is 32.1. The molecule has 0 bridgehead atoms. The van der Waals surface area contributed by atoms with Crippen molar-refractivity contribution < 1.29 is 0 Å². The molecule has 0 unspecified atom stereocenters. The molecule has 0 fully saturated rings. The van der Waals surface area contributed by atoms with E-state index in [1.807, 2.05) is 22.7 Å². The molecular formula is C60H38N2S2. The van der Waals surface area contributed by atoms with E-state index in [1.165, 1.54) is 95.5 Å². The average Bonchev–Trinajstić information content (AvgIpc) is 4.04. The predicted octanol–water partition coefficient (Wildman–Crippen LogP) is 18.0. The third-order valence-corrected chi connectivity index (χ3v) is 15.1. The van der Waals surface area contributed by atoms with Crippen LogP contribution in [0, 0.1) is 0 Å². The van der Waals surface area contributed by atoms with Crippen molar-refractivity contribution >= 4 is 102 Å². The molecule has 0 amide bonds. The van der Waals surface area contributed by atoms with Gasteiger partial charge in [-0.1, -0.05) is 158 Å². The van der Waals surface area contributed by atoms with E-state index in [4.69, 9.17) is 0 Å². The highest BCUT2D eigenvalue weighted by Gasteiger charge is 2.23. The van der Waals surface area contributed by atoms with Gasteiger partial charge in [0.1, 0.15) is 0 Å². The molecule has 2 nitrogen and oxygen atoms in total. The minimum Gasteiger partial charge on any atom is -0.310 e. The second-order valence-electron chi connectivity index (χ2n) is 16.5. The number of benzene rings is 10. The first kappa shape index (κ1) is 36.9. The molecule has 0 aliphatic carbocycles. The van der Waals surface area contributed by atoms with Gasteiger partial charge in [0.05, 0.1) is 16.7 Å². The second-order valence-corrected chi connectivity index (χ2v) is 18.6. The van der Waals surface area contributed by atoms with Crippen LogP contribution in [0.25, 0.3) is 101 Å². The minimum atomic E-state index is 1.09. The number of aromatic nitrogens is 1. The minimum absolute atomic E-state index is 1.09.